The molecule has 2 N–H and O–H groups in total. The molecule has 1 aliphatic rings. The highest BCUT2D eigenvalue weighted by Gasteiger charge is 2.23. The summed E-state index contributed by atoms with van der Waals surface area (Å²) in [6.45, 7) is 1.49. The van der Waals surface area contributed by atoms with Gasteiger partial charge in [-0.1, -0.05) is 35.9 Å². The van der Waals surface area contributed by atoms with Crippen molar-refractivity contribution in [2.45, 2.75) is 19.3 Å². The molecular weight excluding hydrogens is 540 g/mol. The van der Waals surface area contributed by atoms with E-state index < -0.39 is 16.5 Å². The lowest BCUT2D eigenvalue weighted by atomic mass is 10.1. The molecule has 5 rings (SSSR count). The summed E-state index contributed by atoms with van der Waals surface area (Å²) in [5.74, 6) is -0.586. The molecule has 0 unspecified atom stereocenters. The number of hydrogen-bond acceptors (Lipinski definition) is 7. The maximum atomic E-state index is 12.8. The van der Waals surface area contributed by atoms with E-state index in [4.69, 9.17) is 28.2 Å². The van der Waals surface area contributed by atoms with E-state index in [0.717, 1.165) is 37.7 Å². The Bertz CT molecular complexity index is 1670. The quantitative estimate of drug-likeness (QED) is 0.129. The predicted octanol–water partition coefficient (Wildman–Crippen LogP) is 6.14. The number of nitro groups is 1. The van der Waals surface area contributed by atoms with Crippen LogP contribution in [0.3, 0.4) is 0 Å². The summed E-state index contributed by atoms with van der Waals surface area (Å²) >= 11 is 11.8. The van der Waals surface area contributed by atoms with E-state index in [0.29, 0.717) is 28.1 Å². The number of carbonyl (C=O) groups excluding carboxylic acids is 1. The molecule has 1 amide bonds. The first-order valence-corrected chi connectivity index (χ1v) is 13.1. The Morgan fingerprint density at radius 2 is 1.77 bits per heavy atom. The van der Waals surface area contributed by atoms with Gasteiger partial charge in [0.15, 0.2) is 5.11 Å². The summed E-state index contributed by atoms with van der Waals surface area (Å²) in [5.41, 5.74) is 1.74. The minimum atomic E-state index is -0.586. The van der Waals surface area contributed by atoms with Crippen LogP contribution in [0.25, 0.3) is 22.1 Å². The van der Waals surface area contributed by atoms with E-state index in [-0.39, 0.29) is 21.4 Å². The highest BCUT2D eigenvalue weighted by Crippen LogP contribution is 2.32. The van der Waals surface area contributed by atoms with Crippen molar-refractivity contribution in [1.82, 2.24) is 5.32 Å². The number of piperidine rings is 1. The largest absolute Gasteiger partial charge is 0.422 e. The molecular formula is C28H23ClN4O5S. The number of benzene rings is 3. The summed E-state index contributed by atoms with van der Waals surface area (Å²) in [6.07, 6.45) is 3.04. The van der Waals surface area contributed by atoms with Crippen molar-refractivity contribution in [3.05, 3.63) is 97.9 Å². The monoisotopic (exact) mass is 562 g/mol. The zero-order valence-corrected chi connectivity index (χ0v) is 22.2. The molecule has 2 heterocycles. The summed E-state index contributed by atoms with van der Waals surface area (Å²) in [5, 5.41) is 18.2. The lowest BCUT2D eigenvalue weighted by Crippen LogP contribution is -2.34. The summed E-state index contributed by atoms with van der Waals surface area (Å²) in [6, 6.07) is 18.2. The number of hydrogen-bond donors (Lipinski definition) is 2. The number of fused-ring (bicyclic) bond motifs is 1. The van der Waals surface area contributed by atoms with Crippen molar-refractivity contribution < 1.29 is 14.1 Å². The molecule has 0 atom stereocenters. The Hall–Kier alpha value is -4.28. The second-order valence-electron chi connectivity index (χ2n) is 9.10. The fourth-order valence-corrected chi connectivity index (χ4v) is 5.10. The molecule has 0 bridgehead atoms. The number of carbonyl (C=O) groups is 1. The maximum Gasteiger partial charge on any atom is 0.344 e. The van der Waals surface area contributed by atoms with Crippen LogP contribution in [0.1, 0.15) is 29.6 Å². The molecule has 0 saturated carbocycles. The molecule has 198 valence electrons. The van der Waals surface area contributed by atoms with Crippen molar-refractivity contribution in [2.75, 3.05) is 23.3 Å². The fraction of sp³-hybridized carbons (Fsp3) is 0.179. The van der Waals surface area contributed by atoms with E-state index in [1.165, 1.54) is 6.07 Å². The molecule has 3 aromatic carbocycles. The molecule has 9 nitrogen and oxygen atoms in total. The minimum absolute atomic E-state index is 0.0169. The number of halogens is 1. The normalized spacial score (nSPS) is 13.2. The van der Waals surface area contributed by atoms with Gasteiger partial charge in [-0.05, 0) is 67.9 Å². The molecule has 1 fully saturated rings. The van der Waals surface area contributed by atoms with E-state index in [2.05, 4.69) is 10.6 Å². The number of anilines is 2. The fourth-order valence-electron chi connectivity index (χ4n) is 4.61. The third-order valence-electron chi connectivity index (χ3n) is 6.52. The SMILES string of the molecule is O=C(NC(=S)Nc1ccc(-c2cc3ccccc3oc2=O)c(Cl)c1)c1ccc(N2CCCCC2)c([N+](=O)[O-])c1. The van der Waals surface area contributed by atoms with Crippen LogP contribution in [0.15, 0.2) is 75.9 Å². The van der Waals surface area contributed by atoms with Gasteiger partial charge in [-0.2, -0.15) is 0 Å². The summed E-state index contributed by atoms with van der Waals surface area (Å²) in [4.78, 5) is 38.6. The van der Waals surface area contributed by atoms with Crippen LogP contribution >= 0.6 is 23.8 Å². The van der Waals surface area contributed by atoms with Crippen LogP contribution in [0.5, 0.6) is 0 Å². The van der Waals surface area contributed by atoms with Gasteiger partial charge < -0.3 is 14.6 Å². The number of para-hydroxylation sites is 1. The Morgan fingerprint density at radius 1 is 1.00 bits per heavy atom. The number of thiocarbonyl (C=S) groups is 1. The van der Waals surface area contributed by atoms with Gasteiger partial charge >= 0.3 is 5.63 Å². The maximum absolute atomic E-state index is 12.8. The number of nitrogens with zero attached hydrogens (tertiary/aromatic N) is 2. The average Bonchev–Trinajstić information content (AvgIpc) is 2.93. The van der Waals surface area contributed by atoms with Crippen LogP contribution in [0.4, 0.5) is 17.1 Å². The van der Waals surface area contributed by atoms with Gasteiger partial charge in [0.1, 0.15) is 11.3 Å². The van der Waals surface area contributed by atoms with E-state index >= 15 is 0 Å². The molecule has 0 aliphatic carbocycles. The lowest BCUT2D eigenvalue weighted by Gasteiger charge is -2.28. The second kappa shape index (κ2) is 11.2. The van der Waals surface area contributed by atoms with Crippen LogP contribution < -0.4 is 21.2 Å². The topological polar surface area (TPSA) is 118 Å². The number of amides is 1. The van der Waals surface area contributed by atoms with Gasteiger partial charge in [0.05, 0.1) is 15.5 Å². The first kappa shape index (κ1) is 26.3. The zero-order valence-electron chi connectivity index (χ0n) is 20.6. The van der Waals surface area contributed by atoms with Crippen LogP contribution in [-0.4, -0.2) is 29.0 Å². The van der Waals surface area contributed by atoms with E-state index in [1.54, 1.807) is 48.5 Å². The van der Waals surface area contributed by atoms with Gasteiger partial charge in [-0.15, -0.1) is 0 Å². The number of nitrogens with one attached hydrogen (secondary N) is 2. The van der Waals surface area contributed by atoms with Crippen molar-refractivity contribution >= 4 is 62.9 Å². The highest BCUT2D eigenvalue weighted by molar-refractivity contribution is 7.80. The molecule has 0 spiro atoms. The highest BCUT2D eigenvalue weighted by atomic mass is 35.5. The Morgan fingerprint density at radius 3 is 2.51 bits per heavy atom. The van der Waals surface area contributed by atoms with Crippen LogP contribution in [0, 0.1) is 10.1 Å². The first-order chi connectivity index (χ1) is 18.8. The van der Waals surface area contributed by atoms with Crippen molar-refractivity contribution in [3.63, 3.8) is 0 Å². The Kier molecular flexibility index (Phi) is 7.58. The van der Waals surface area contributed by atoms with Gasteiger partial charge in [-0.25, -0.2) is 4.79 Å². The van der Waals surface area contributed by atoms with Gasteiger partial charge in [0.2, 0.25) is 0 Å². The predicted molar refractivity (Wildman–Crippen MR) is 156 cm³/mol. The molecule has 1 aromatic heterocycles. The number of rotatable bonds is 5. The van der Waals surface area contributed by atoms with Gasteiger partial charge in [0.25, 0.3) is 11.6 Å². The van der Waals surface area contributed by atoms with Crippen molar-refractivity contribution in [1.29, 1.82) is 0 Å². The summed E-state index contributed by atoms with van der Waals surface area (Å²) < 4.78 is 5.40. The third kappa shape index (κ3) is 5.76. The van der Waals surface area contributed by atoms with Crippen molar-refractivity contribution in [3.8, 4) is 11.1 Å². The molecule has 4 aromatic rings. The first-order valence-electron chi connectivity index (χ1n) is 12.3. The Labute approximate surface area is 233 Å². The van der Waals surface area contributed by atoms with E-state index in [1.807, 2.05) is 17.0 Å². The van der Waals surface area contributed by atoms with E-state index in [9.17, 15) is 19.7 Å². The standard InChI is InChI=1S/C28H23ClN4O5S/c29-22-16-19(9-10-20(22)21-14-17-6-2-3-7-25(17)38-27(21)35)30-28(39)31-26(34)18-8-11-23(24(15-18)33(36)37)32-12-4-1-5-13-32/h2-3,6-11,14-16H,1,4-5,12-13H2,(H2,30,31,34,39). The van der Waals surface area contributed by atoms with Crippen LogP contribution in [-0.2, 0) is 0 Å². The molecule has 1 aliphatic heterocycles. The lowest BCUT2D eigenvalue weighted by molar-refractivity contribution is -0.384. The smallest absolute Gasteiger partial charge is 0.344 e. The average molecular weight is 563 g/mol. The molecule has 0 radical (unpaired) electrons. The van der Waals surface area contributed by atoms with Crippen molar-refractivity contribution in [2.24, 2.45) is 0 Å². The molecule has 11 heteroatoms. The second-order valence-corrected chi connectivity index (χ2v) is 9.91. The zero-order chi connectivity index (χ0) is 27.5. The van der Waals surface area contributed by atoms with Gasteiger partial charge in [0, 0.05) is 41.4 Å². The summed E-state index contributed by atoms with van der Waals surface area (Å²) in [7, 11) is 0. The van der Waals surface area contributed by atoms with Crippen LogP contribution in [0.2, 0.25) is 5.02 Å². The Balaban J connectivity index is 1.29. The molecule has 1 saturated heterocycles. The third-order valence-corrected chi connectivity index (χ3v) is 7.03. The van der Waals surface area contributed by atoms with Gasteiger partial charge in [-0.3, -0.25) is 20.2 Å². The minimum Gasteiger partial charge on any atom is -0.422 e. The number of nitro benzene ring substituents is 1. The molecule has 39 heavy (non-hydrogen) atoms.